The normalized spacial score (nSPS) is 20.4. The van der Waals surface area contributed by atoms with Crippen molar-refractivity contribution in [2.45, 2.75) is 51.7 Å². The predicted molar refractivity (Wildman–Crippen MR) is 77.3 cm³/mol. The Morgan fingerprint density at radius 3 is 2.55 bits per heavy atom. The van der Waals surface area contributed by atoms with Crippen molar-refractivity contribution in [3.8, 4) is 5.75 Å². The van der Waals surface area contributed by atoms with E-state index in [1.165, 1.54) is 0 Å². The summed E-state index contributed by atoms with van der Waals surface area (Å²) >= 11 is 0. The van der Waals surface area contributed by atoms with Gasteiger partial charge >= 0.3 is 5.97 Å². The van der Waals surface area contributed by atoms with Crippen LogP contribution in [-0.2, 0) is 9.53 Å². The monoisotopic (exact) mass is 277 g/mol. The number of carbonyl (C=O) groups is 1. The van der Waals surface area contributed by atoms with E-state index in [1.54, 1.807) is 5.06 Å². The number of hydrogen-bond acceptors (Lipinski definition) is 4. The maximum atomic E-state index is 12.3. The van der Waals surface area contributed by atoms with Crippen LogP contribution in [0, 0.1) is 0 Å². The second-order valence-corrected chi connectivity index (χ2v) is 6.09. The third-order valence-corrected chi connectivity index (χ3v) is 3.10. The minimum absolute atomic E-state index is 0.201. The van der Waals surface area contributed by atoms with Gasteiger partial charge in [0, 0.05) is 6.54 Å². The Bertz CT molecular complexity index is 439. The third kappa shape index (κ3) is 4.23. The van der Waals surface area contributed by atoms with Gasteiger partial charge in [0.1, 0.15) is 17.4 Å². The molecular formula is C16H23NO3. The van der Waals surface area contributed by atoms with Crippen molar-refractivity contribution in [1.29, 1.82) is 0 Å². The molecule has 110 valence electrons. The van der Waals surface area contributed by atoms with Crippen LogP contribution in [-0.4, -0.2) is 29.2 Å². The zero-order valence-electron chi connectivity index (χ0n) is 12.5. The highest BCUT2D eigenvalue weighted by atomic mass is 16.7. The molecule has 1 aliphatic heterocycles. The Hall–Kier alpha value is -1.55. The molecule has 1 aromatic carbocycles. The number of hydrogen-bond donors (Lipinski definition) is 0. The second kappa shape index (κ2) is 6.27. The number of benzene rings is 1. The number of esters is 1. The molecule has 2 rings (SSSR count). The first-order chi connectivity index (χ1) is 9.46. The number of hydroxylamine groups is 2. The molecule has 1 atom stereocenters. The smallest absolute Gasteiger partial charge is 0.327 e. The SMILES string of the molecule is CC(C)(C)OC(=O)C1CCCCN1Oc1ccccc1. The summed E-state index contributed by atoms with van der Waals surface area (Å²) in [5, 5.41) is 1.76. The fraction of sp³-hybridized carbons (Fsp3) is 0.562. The van der Waals surface area contributed by atoms with Gasteiger partial charge in [-0.2, -0.15) is 0 Å². The van der Waals surface area contributed by atoms with Crippen molar-refractivity contribution < 1.29 is 14.4 Å². The van der Waals surface area contributed by atoms with Crippen molar-refractivity contribution in [2.24, 2.45) is 0 Å². The van der Waals surface area contributed by atoms with Gasteiger partial charge in [0.05, 0.1) is 0 Å². The maximum absolute atomic E-state index is 12.3. The molecule has 0 saturated carbocycles. The molecule has 0 N–H and O–H groups in total. The van der Waals surface area contributed by atoms with Crippen LogP contribution in [0.3, 0.4) is 0 Å². The summed E-state index contributed by atoms with van der Waals surface area (Å²) in [5.41, 5.74) is -0.465. The van der Waals surface area contributed by atoms with Crippen LogP contribution in [0.2, 0.25) is 0 Å². The molecule has 1 unspecified atom stereocenters. The highest BCUT2D eigenvalue weighted by Crippen LogP contribution is 2.22. The van der Waals surface area contributed by atoms with E-state index in [2.05, 4.69) is 0 Å². The lowest BCUT2D eigenvalue weighted by Crippen LogP contribution is -2.48. The summed E-state index contributed by atoms with van der Waals surface area (Å²) in [6, 6.07) is 9.24. The van der Waals surface area contributed by atoms with Crippen molar-refractivity contribution in [1.82, 2.24) is 5.06 Å². The second-order valence-electron chi connectivity index (χ2n) is 6.09. The molecule has 0 bridgehead atoms. The van der Waals surface area contributed by atoms with Crippen molar-refractivity contribution in [3.05, 3.63) is 30.3 Å². The van der Waals surface area contributed by atoms with Gasteiger partial charge < -0.3 is 9.57 Å². The minimum Gasteiger partial charge on any atom is -0.459 e. The molecule has 1 aliphatic rings. The molecule has 0 aromatic heterocycles. The Morgan fingerprint density at radius 2 is 1.90 bits per heavy atom. The molecule has 1 fully saturated rings. The summed E-state index contributed by atoms with van der Waals surface area (Å²) < 4.78 is 5.48. The van der Waals surface area contributed by atoms with E-state index >= 15 is 0 Å². The summed E-state index contributed by atoms with van der Waals surface area (Å²) in [7, 11) is 0. The van der Waals surface area contributed by atoms with Crippen molar-refractivity contribution in [2.75, 3.05) is 6.54 Å². The largest absolute Gasteiger partial charge is 0.459 e. The molecule has 20 heavy (non-hydrogen) atoms. The topological polar surface area (TPSA) is 38.8 Å². The Labute approximate surface area is 120 Å². The van der Waals surface area contributed by atoms with Crippen LogP contribution >= 0.6 is 0 Å². The van der Waals surface area contributed by atoms with E-state index < -0.39 is 5.60 Å². The number of carbonyl (C=O) groups excluding carboxylic acids is 1. The van der Waals surface area contributed by atoms with E-state index in [9.17, 15) is 4.79 Å². The lowest BCUT2D eigenvalue weighted by Gasteiger charge is -2.34. The van der Waals surface area contributed by atoms with Crippen LogP contribution in [0.25, 0.3) is 0 Å². The molecule has 1 aromatic rings. The minimum atomic E-state index is -0.465. The predicted octanol–water partition coefficient (Wildman–Crippen LogP) is 3.18. The van der Waals surface area contributed by atoms with Crippen LogP contribution in [0.5, 0.6) is 5.75 Å². The van der Waals surface area contributed by atoms with Crippen molar-refractivity contribution >= 4 is 5.97 Å². The molecular weight excluding hydrogens is 254 g/mol. The summed E-state index contributed by atoms with van der Waals surface area (Å²) in [6.45, 7) is 6.40. The van der Waals surface area contributed by atoms with Gasteiger partial charge in [0.2, 0.25) is 0 Å². The Morgan fingerprint density at radius 1 is 1.20 bits per heavy atom. The molecule has 0 amide bonds. The number of ether oxygens (including phenoxy) is 1. The zero-order chi connectivity index (χ0) is 14.6. The molecule has 4 nitrogen and oxygen atoms in total. The molecule has 1 saturated heterocycles. The van der Waals surface area contributed by atoms with Crippen LogP contribution in [0.4, 0.5) is 0 Å². The first-order valence-electron chi connectivity index (χ1n) is 7.18. The Kier molecular flexibility index (Phi) is 4.65. The standard InChI is InChI=1S/C16H23NO3/c1-16(2,3)19-15(18)14-11-7-8-12-17(14)20-13-9-5-4-6-10-13/h4-6,9-10,14H,7-8,11-12H2,1-3H3. The first kappa shape index (κ1) is 14.9. The van der Waals surface area contributed by atoms with E-state index in [0.717, 1.165) is 31.6 Å². The van der Waals surface area contributed by atoms with Gasteiger partial charge in [-0.15, -0.1) is 5.06 Å². The lowest BCUT2D eigenvalue weighted by molar-refractivity contribution is -0.181. The summed E-state index contributed by atoms with van der Waals surface area (Å²) in [5.74, 6) is 0.552. The third-order valence-electron chi connectivity index (χ3n) is 3.10. The average molecular weight is 277 g/mol. The Balaban J connectivity index is 2.03. The first-order valence-corrected chi connectivity index (χ1v) is 7.18. The van der Waals surface area contributed by atoms with Crippen LogP contribution in [0.15, 0.2) is 30.3 Å². The van der Waals surface area contributed by atoms with Gasteiger partial charge in [0.15, 0.2) is 0 Å². The van der Waals surface area contributed by atoms with Gasteiger partial charge in [-0.3, -0.25) is 4.79 Å². The van der Waals surface area contributed by atoms with Crippen LogP contribution in [0.1, 0.15) is 40.0 Å². The number of para-hydroxylation sites is 1. The lowest BCUT2D eigenvalue weighted by atomic mass is 10.0. The summed E-state index contributed by atoms with van der Waals surface area (Å²) in [4.78, 5) is 18.1. The van der Waals surface area contributed by atoms with Crippen molar-refractivity contribution in [3.63, 3.8) is 0 Å². The van der Waals surface area contributed by atoms with Crippen LogP contribution < -0.4 is 4.84 Å². The molecule has 0 radical (unpaired) electrons. The average Bonchev–Trinajstić information content (AvgIpc) is 2.38. The fourth-order valence-corrected chi connectivity index (χ4v) is 2.24. The number of piperidine rings is 1. The fourth-order valence-electron chi connectivity index (χ4n) is 2.24. The van der Waals surface area contributed by atoms with Gasteiger partial charge in [-0.1, -0.05) is 18.2 Å². The van der Waals surface area contributed by atoms with E-state index in [0.29, 0.717) is 0 Å². The van der Waals surface area contributed by atoms with Gasteiger partial charge in [-0.05, 0) is 52.2 Å². The van der Waals surface area contributed by atoms with E-state index in [-0.39, 0.29) is 12.0 Å². The molecule has 0 aliphatic carbocycles. The highest BCUT2D eigenvalue weighted by molar-refractivity contribution is 5.76. The summed E-state index contributed by atoms with van der Waals surface area (Å²) in [6.07, 6.45) is 2.84. The molecule has 0 spiro atoms. The molecule has 1 heterocycles. The number of rotatable bonds is 3. The van der Waals surface area contributed by atoms with E-state index in [1.807, 2.05) is 51.1 Å². The van der Waals surface area contributed by atoms with E-state index in [4.69, 9.17) is 9.57 Å². The number of nitrogens with zero attached hydrogens (tertiary/aromatic N) is 1. The molecule has 4 heteroatoms. The highest BCUT2D eigenvalue weighted by Gasteiger charge is 2.34. The zero-order valence-corrected chi connectivity index (χ0v) is 12.5. The van der Waals surface area contributed by atoms with Gasteiger partial charge in [0.25, 0.3) is 0 Å². The quantitative estimate of drug-likeness (QED) is 0.795. The maximum Gasteiger partial charge on any atom is 0.327 e. The van der Waals surface area contributed by atoms with Gasteiger partial charge in [-0.25, -0.2) is 0 Å².